The van der Waals surface area contributed by atoms with Gasteiger partial charge in [0.15, 0.2) is 0 Å². The summed E-state index contributed by atoms with van der Waals surface area (Å²) in [4.78, 5) is 26.8. The summed E-state index contributed by atoms with van der Waals surface area (Å²) in [6, 6.07) is 8.44. The Morgan fingerprint density at radius 3 is 2.63 bits per heavy atom. The Kier molecular flexibility index (Phi) is 3.46. The number of rotatable bonds is 3. The number of carboxylic acid groups (broad SMARTS) is 1. The van der Waals surface area contributed by atoms with Crippen LogP contribution in [-0.2, 0) is 6.54 Å². The number of carboxylic acids is 1. The quantitative estimate of drug-likeness (QED) is 0.907. The zero-order valence-corrected chi connectivity index (χ0v) is 10.8. The molecule has 0 saturated heterocycles. The minimum Gasteiger partial charge on any atom is -0.478 e. The molecule has 0 spiro atoms. The molecule has 0 aliphatic carbocycles. The first-order valence-electron chi connectivity index (χ1n) is 5.85. The van der Waals surface area contributed by atoms with Gasteiger partial charge in [0, 0.05) is 11.4 Å². The van der Waals surface area contributed by atoms with E-state index < -0.39 is 5.97 Å². The summed E-state index contributed by atoms with van der Waals surface area (Å²) in [5.74, 6) is -0.999. The summed E-state index contributed by atoms with van der Waals surface area (Å²) in [5.41, 5.74) is 1.85. The highest BCUT2D eigenvalue weighted by Crippen LogP contribution is 2.11. The van der Waals surface area contributed by atoms with Gasteiger partial charge in [-0.25, -0.2) is 9.59 Å². The predicted octanol–water partition coefficient (Wildman–Crippen LogP) is 1.61. The number of benzene rings is 1. The Hall–Kier alpha value is -2.43. The molecule has 0 unspecified atom stereocenters. The molecule has 0 aliphatic heterocycles. The Balaban J connectivity index is 2.48. The van der Waals surface area contributed by atoms with Crippen LogP contribution in [-0.4, -0.2) is 20.6 Å². The number of aromatic nitrogens is 2. The van der Waals surface area contributed by atoms with Crippen molar-refractivity contribution >= 4 is 5.97 Å². The molecule has 98 valence electrons. The highest BCUT2D eigenvalue weighted by atomic mass is 16.4. The minimum atomic E-state index is -0.999. The maximum atomic E-state index is 11.9. The van der Waals surface area contributed by atoms with E-state index in [-0.39, 0.29) is 17.8 Å². The number of hydrogen-bond acceptors (Lipinski definition) is 3. The average Bonchev–Trinajstić information content (AvgIpc) is 2.34. The molecule has 5 heteroatoms. The van der Waals surface area contributed by atoms with E-state index in [0.717, 1.165) is 5.69 Å². The minimum absolute atomic E-state index is 0.203. The molecule has 2 aromatic rings. The van der Waals surface area contributed by atoms with Crippen molar-refractivity contribution in [3.63, 3.8) is 0 Å². The van der Waals surface area contributed by atoms with Crippen LogP contribution in [0, 0.1) is 13.8 Å². The summed E-state index contributed by atoms with van der Waals surface area (Å²) < 4.78 is 1.47. The van der Waals surface area contributed by atoms with Gasteiger partial charge in [0.2, 0.25) is 0 Å². The van der Waals surface area contributed by atoms with Gasteiger partial charge in [-0.1, -0.05) is 18.2 Å². The maximum absolute atomic E-state index is 11.9. The van der Waals surface area contributed by atoms with E-state index in [0.29, 0.717) is 11.3 Å². The third-order valence-corrected chi connectivity index (χ3v) is 2.92. The first-order valence-corrected chi connectivity index (χ1v) is 5.85. The summed E-state index contributed by atoms with van der Waals surface area (Å²) in [6.07, 6.45) is 0. The van der Waals surface area contributed by atoms with Gasteiger partial charge in [-0.15, -0.1) is 0 Å². The molecule has 2 rings (SSSR count). The largest absolute Gasteiger partial charge is 0.478 e. The summed E-state index contributed by atoms with van der Waals surface area (Å²) in [5, 5.41) is 9.12. The van der Waals surface area contributed by atoms with Gasteiger partial charge in [0.1, 0.15) is 0 Å². The zero-order valence-electron chi connectivity index (χ0n) is 10.8. The Morgan fingerprint density at radius 2 is 2.00 bits per heavy atom. The molecule has 5 nitrogen and oxygen atoms in total. The van der Waals surface area contributed by atoms with E-state index in [1.54, 1.807) is 38.1 Å². The summed E-state index contributed by atoms with van der Waals surface area (Å²) in [7, 11) is 0. The van der Waals surface area contributed by atoms with Gasteiger partial charge in [0.25, 0.3) is 0 Å². The molecule has 1 N–H and O–H groups in total. The first kappa shape index (κ1) is 13.0. The number of carbonyl (C=O) groups is 1. The molecular weight excluding hydrogens is 244 g/mol. The Morgan fingerprint density at radius 1 is 1.32 bits per heavy atom. The van der Waals surface area contributed by atoms with Crippen molar-refractivity contribution in [3.8, 4) is 0 Å². The second-order valence-electron chi connectivity index (χ2n) is 4.37. The Bertz CT molecular complexity index is 689. The van der Waals surface area contributed by atoms with Crippen LogP contribution in [0.2, 0.25) is 0 Å². The van der Waals surface area contributed by atoms with E-state index in [2.05, 4.69) is 4.98 Å². The van der Waals surface area contributed by atoms with E-state index in [1.807, 2.05) is 0 Å². The number of aryl methyl sites for hydroxylation is 2. The molecular formula is C14H14N2O3. The van der Waals surface area contributed by atoms with Crippen molar-refractivity contribution < 1.29 is 9.90 Å². The van der Waals surface area contributed by atoms with Crippen molar-refractivity contribution in [2.24, 2.45) is 0 Å². The second kappa shape index (κ2) is 5.06. The third-order valence-electron chi connectivity index (χ3n) is 2.92. The lowest BCUT2D eigenvalue weighted by atomic mass is 10.1. The molecule has 0 radical (unpaired) electrons. The van der Waals surface area contributed by atoms with Crippen molar-refractivity contribution in [2.75, 3.05) is 0 Å². The predicted molar refractivity (Wildman–Crippen MR) is 70.5 cm³/mol. The van der Waals surface area contributed by atoms with Crippen LogP contribution >= 0.6 is 0 Å². The molecule has 1 aromatic carbocycles. The molecule has 0 fully saturated rings. The van der Waals surface area contributed by atoms with E-state index in [4.69, 9.17) is 5.11 Å². The topological polar surface area (TPSA) is 72.2 Å². The molecule has 0 bridgehead atoms. The van der Waals surface area contributed by atoms with Gasteiger partial charge >= 0.3 is 11.7 Å². The maximum Gasteiger partial charge on any atom is 0.348 e. The van der Waals surface area contributed by atoms with Gasteiger partial charge in [0.05, 0.1) is 12.1 Å². The van der Waals surface area contributed by atoms with E-state index in [1.165, 1.54) is 10.6 Å². The fourth-order valence-corrected chi connectivity index (χ4v) is 2.00. The average molecular weight is 258 g/mol. The van der Waals surface area contributed by atoms with Crippen molar-refractivity contribution in [1.82, 2.24) is 9.55 Å². The number of aromatic carboxylic acids is 1. The summed E-state index contributed by atoms with van der Waals surface area (Å²) >= 11 is 0. The smallest absolute Gasteiger partial charge is 0.348 e. The lowest BCUT2D eigenvalue weighted by Gasteiger charge is -2.11. The van der Waals surface area contributed by atoms with Crippen molar-refractivity contribution in [1.29, 1.82) is 0 Å². The number of hydrogen-bond donors (Lipinski definition) is 1. The highest BCUT2D eigenvalue weighted by molar-refractivity contribution is 5.89. The van der Waals surface area contributed by atoms with Gasteiger partial charge in [-0.2, -0.15) is 4.98 Å². The van der Waals surface area contributed by atoms with Crippen LogP contribution in [0.15, 0.2) is 35.1 Å². The highest BCUT2D eigenvalue weighted by Gasteiger charge is 2.11. The fraction of sp³-hybridized carbons (Fsp3) is 0.214. The van der Waals surface area contributed by atoms with Crippen molar-refractivity contribution in [3.05, 3.63) is 63.3 Å². The zero-order chi connectivity index (χ0) is 14.0. The fourth-order valence-electron chi connectivity index (χ4n) is 2.00. The molecule has 0 saturated carbocycles. The van der Waals surface area contributed by atoms with Gasteiger partial charge in [-0.3, -0.25) is 4.57 Å². The lowest BCUT2D eigenvalue weighted by Crippen LogP contribution is -2.26. The van der Waals surface area contributed by atoms with Crippen LogP contribution in [0.5, 0.6) is 0 Å². The van der Waals surface area contributed by atoms with Gasteiger partial charge in [-0.05, 0) is 31.5 Å². The lowest BCUT2D eigenvalue weighted by molar-refractivity contribution is 0.0695. The van der Waals surface area contributed by atoms with Crippen LogP contribution in [0.4, 0.5) is 0 Å². The van der Waals surface area contributed by atoms with Crippen LogP contribution < -0.4 is 5.69 Å². The molecule has 1 aromatic heterocycles. The van der Waals surface area contributed by atoms with E-state index >= 15 is 0 Å². The molecule has 0 atom stereocenters. The number of nitrogens with zero attached hydrogens (tertiary/aromatic N) is 2. The normalized spacial score (nSPS) is 10.4. The van der Waals surface area contributed by atoms with Crippen LogP contribution in [0.3, 0.4) is 0 Å². The molecule has 1 heterocycles. The molecule has 0 aliphatic rings. The summed E-state index contributed by atoms with van der Waals surface area (Å²) in [6.45, 7) is 3.77. The van der Waals surface area contributed by atoms with Crippen molar-refractivity contribution in [2.45, 2.75) is 20.4 Å². The standard InChI is InChI=1S/C14H14N2O3/c1-9-7-10(2)16(14(19)15-9)8-11-5-3-4-6-12(11)13(17)18/h3-7H,8H2,1-2H3,(H,17,18). The van der Waals surface area contributed by atoms with Crippen LogP contribution in [0.1, 0.15) is 27.3 Å². The Labute approximate surface area is 110 Å². The second-order valence-corrected chi connectivity index (χ2v) is 4.37. The molecule has 0 amide bonds. The molecule has 19 heavy (non-hydrogen) atoms. The first-order chi connectivity index (χ1) is 8.99. The van der Waals surface area contributed by atoms with Gasteiger partial charge < -0.3 is 5.11 Å². The SMILES string of the molecule is Cc1cc(C)n(Cc2ccccc2C(=O)O)c(=O)n1. The monoisotopic (exact) mass is 258 g/mol. The van der Waals surface area contributed by atoms with Crippen LogP contribution in [0.25, 0.3) is 0 Å². The third kappa shape index (κ3) is 2.70. The van der Waals surface area contributed by atoms with E-state index in [9.17, 15) is 9.59 Å².